The lowest BCUT2D eigenvalue weighted by molar-refractivity contribution is 1.14. The van der Waals surface area contributed by atoms with Crippen molar-refractivity contribution in [2.75, 3.05) is 0 Å². The van der Waals surface area contributed by atoms with Gasteiger partial charge in [-0.1, -0.05) is 91.0 Å². The number of rotatable bonds is 3. The summed E-state index contributed by atoms with van der Waals surface area (Å²) in [6.07, 6.45) is 3.91. The molecule has 52 heavy (non-hydrogen) atoms. The lowest BCUT2D eigenvalue weighted by Gasteiger charge is -2.11. The smallest absolute Gasteiger partial charge is 0.0977 e. The monoisotopic (exact) mass is 660 g/mol. The molecule has 4 heteroatoms. The summed E-state index contributed by atoms with van der Waals surface area (Å²) in [6.45, 7) is 0. The highest BCUT2D eigenvalue weighted by molar-refractivity contribution is 6.16. The minimum absolute atomic E-state index is 0.952. The van der Waals surface area contributed by atoms with Gasteiger partial charge < -0.3 is 9.13 Å². The summed E-state index contributed by atoms with van der Waals surface area (Å²) >= 11 is 0. The van der Waals surface area contributed by atoms with Crippen molar-refractivity contribution in [1.29, 1.82) is 0 Å². The Kier molecular flexibility index (Phi) is 5.47. The average Bonchev–Trinajstić information content (AvgIpc) is 3.83. The Morgan fingerprint density at radius 3 is 1.85 bits per heavy atom. The van der Waals surface area contributed by atoms with Crippen LogP contribution >= 0.6 is 0 Å². The van der Waals surface area contributed by atoms with Gasteiger partial charge in [0.2, 0.25) is 0 Å². The van der Waals surface area contributed by atoms with E-state index in [4.69, 9.17) is 9.97 Å². The van der Waals surface area contributed by atoms with Crippen molar-refractivity contribution in [3.8, 4) is 45.0 Å². The average molecular weight is 661 g/mol. The van der Waals surface area contributed by atoms with Crippen molar-refractivity contribution in [2.45, 2.75) is 0 Å². The highest BCUT2D eigenvalue weighted by atomic mass is 15.0. The molecule has 4 heterocycles. The third kappa shape index (κ3) is 3.75. The fourth-order valence-electron chi connectivity index (χ4n) is 8.78. The molecule has 0 saturated heterocycles. The topological polar surface area (TPSA) is 35.6 Å². The Hall–Kier alpha value is -7.04. The first kappa shape index (κ1) is 27.7. The molecule has 4 aromatic heterocycles. The summed E-state index contributed by atoms with van der Waals surface area (Å²) in [7, 11) is 0. The Morgan fingerprint density at radius 2 is 1.02 bits per heavy atom. The van der Waals surface area contributed by atoms with Gasteiger partial charge in [0.15, 0.2) is 0 Å². The van der Waals surface area contributed by atoms with Crippen LogP contribution in [0.3, 0.4) is 0 Å². The van der Waals surface area contributed by atoms with Crippen LogP contribution in [0.4, 0.5) is 0 Å². The number of hydrogen-bond acceptors (Lipinski definition) is 2. The van der Waals surface area contributed by atoms with Crippen molar-refractivity contribution >= 4 is 65.2 Å². The van der Waals surface area contributed by atoms with E-state index in [2.05, 4.69) is 167 Å². The summed E-state index contributed by atoms with van der Waals surface area (Å²) in [5.74, 6) is 0. The predicted octanol–water partition coefficient (Wildman–Crippen LogP) is 12.3. The van der Waals surface area contributed by atoms with Crippen LogP contribution in [0.15, 0.2) is 170 Å². The van der Waals surface area contributed by atoms with E-state index in [0.29, 0.717) is 0 Å². The van der Waals surface area contributed by atoms with Gasteiger partial charge >= 0.3 is 0 Å². The number of fused-ring (bicyclic) bond motifs is 10. The Balaban J connectivity index is 1.09. The second kappa shape index (κ2) is 10.3. The van der Waals surface area contributed by atoms with Gasteiger partial charge in [0.05, 0.1) is 45.3 Å². The third-order valence-electron chi connectivity index (χ3n) is 11.1. The van der Waals surface area contributed by atoms with Crippen LogP contribution in [0.1, 0.15) is 0 Å². The Labute approximate surface area is 298 Å². The highest BCUT2D eigenvalue weighted by Gasteiger charge is 2.25. The fraction of sp³-hybridized carbons (Fsp3) is 0. The summed E-state index contributed by atoms with van der Waals surface area (Å²) in [4.78, 5) is 9.85. The van der Waals surface area contributed by atoms with Crippen LogP contribution in [0.25, 0.3) is 110 Å². The van der Waals surface area contributed by atoms with Gasteiger partial charge in [-0.25, -0.2) is 0 Å². The largest absolute Gasteiger partial charge is 0.309 e. The SMILES string of the molecule is c1ccc(-n2c3ccccc3c3cc(-c4ccc5c(c4)c4cc6ccccc6cc4n5-c4cnc5c(c4)-c4cccc6ccnc-5c46)ccc32)cc1. The van der Waals surface area contributed by atoms with Crippen LogP contribution in [0.5, 0.6) is 0 Å². The Morgan fingerprint density at radius 1 is 0.365 bits per heavy atom. The van der Waals surface area contributed by atoms with Crippen molar-refractivity contribution in [3.05, 3.63) is 170 Å². The van der Waals surface area contributed by atoms with Gasteiger partial charge in [-0.2, -0.15) is 0 Å². The van der Waals surface area contributed by atoms with E-state index in [0.717, 1.165) is 28.2 Å². The van der Waals surface area contributed by atoms with Crippen molar-refractivity contribution in [2.24, 2.45) is 0 Å². The van der Waals surface area contributed by atoms with Crippen molar-refractivity contribution in [1.82, 2.24) is 19.1 Å². The summed E-state index contributed by atoms with van der Waals surface area (Å²) in [6, 6.07) is 57.4. The maximum absolute atomic E-state index is 5.09. The second-order valence-electron chi connectivity index (χ2n) is 13.9. The molecular weight excluding hydrogens is 633 g/mol. The zero-order chi connectivity index (χ0) is 33.9. The molecule has 0 spiro atoms. The van der Waals surface area contributed by atoms with Gasteiger partial charge in [-0.05, 0) is 99.6 Å². The van der Waals surface area contributed by atoms with E-state index in [-0.39, 0.29) is 0 Å². The zero-order valence-corrected chi connectivity index (χ0v) is 28.0. The minimum Gasteiger partial charge on any atom is -0.309 e. The lowest BCUT2D eigenvalue weighted by atomic mass is 10.00. The maximum atomic E-state index is 5.09. The number of para-hydroxylation sites is 2. The molecule has 0 fully saturated rings. The lowest BCUT2D eigenvalue weighted by Crippen LogP contribution is -1.97. The van der Waals surface area contributed by atoms with Gasteiger partial charge in [0.1, 0.15) is 0 Å². The van der Waals surface area contributed by atoms with Crippen LogP contribution in [-0.4, -0.2) is 19.1 Å². The quantitative estimate of drug-likeness (QED) is 0.189. The van der Waals surface area contributed by atoms with Crippen LogP contribution in [0.2, 0.25) is 0 Å². The molecule has 240 valence electrons. The minimum atomic E-state index is 0.952. The standard InChI is InChI=1S/C48H28N4/c1-2-12-34(13-3-1)51-42-16-7-6-14-36(42)38-24-32(17-19-43(38)51)33-18-20-44-39(25-33)40-23-30-9-4-5-10-31(30)26-45(40)52(44)35-27-41-37-15-8-11-29-21-22-49-48(46(29)37)47(41)50-28-35/h1-28H. The fourth-order valence-corrected chi connectivity index (χ4v) is 8.78. The summed E-state index contributed by atoms with van der Waals surface area (Å²) < 4.78 is 4.76. The van der Waals surface area contributed by atoms with E-state index in [1.165, 1.54) is 82.0 Å². The van der Waals surface area contributed by atoms with E-state index in [1.807, 2.05) is 12.4 Å². The molecule has 0 saturated carbocycles. The Bertz CT molecular complexity index is 3290. The highest BCUT2D eigenvalue weighted by Crippen LogP contribution is 2.46. The molecule has 0 radical (unpaired) electrons. The summed E-state index contributed by atoms with van der Waals surface area (Å²) in [5.41, 5.74) is 13.6. The normalized spacial score (nSPS) is 12.2. The molecule has 1 aliphatic carbocycles. The number of pyridine rings is 2. The van der Waals surface area contributed by atoms with Crippen LogP contribution < -0.4 is 0 Å². The van der Waals surface area contributed by atoms with Crippen molar-refractivity contribution < 1.29 is 0 Å². The van der Waals surface area contributed by atoms with Crippen LogP contribution in [-0.2, 0) is 0 Å². The molecule has 1 aliphatic rings. The zero-order valence-electron chi connectivity index (χ0n) is 28.0. The van der Waals surface area contributed by atoms with E-state index in [9.17, 15) is 0 Å². The molecule has 4 nitrogen and oxygen atoms in total. The number of aromatic nitrogens is 4. The molecule has 11 aromatic rings. The van der Waals surface area contributed by atoms with E-state index < -0.39 is 0 Å². The van der Waals surface area contributed by atoms with Crippen LogP contribution in [0, 0.1) is 0 Å². The van der Waals surface area contributed by atoms with Gasteiger partial charge in [0, 0.05) is 44.4 Å². The number of nitrogens with zero attached hydrogens (tertiary/aromatic N) is 4. The molecule has 0 amide bonds. The first-order valence-corrected chi connectivity index (χ1v) is 17.7. The maximum Gasteiger partial charge on any atom is 0.0977 e. The van der Waals surface area contributed by atoms with E-state index >= 15 is 0 Å². The van der Waals surface area contributed by atoms with Crippen molar-refractivity contribution in [3.63, 3.8) is 0 Å². The molecular formula is C48H28N4. The molecule has 0 atom stereocenters. The van der Waals surface area contributed by atoms with Gasteiger partial charge in [-0.3, -0.25) is 9.97 Å². The molecule has 0 N–H and O–H groups in total. The van der Waals surface area contributed by atoms with Gasteiger partial charge in [0.25, 0.3) is 0 Å². The molecule has 7 aromatic carbocycles. The molecule has 12 rings (SSSR count). The first-order chi connectivity index (χ1) is 25.8. The third-order valence-corrected chi connectivity index (χ3v) is 11.1. The van der Waals surface area contributed by atoms with Gasteiger partial charge in [-0.15, -0.1) is 0 Å². The summed E-state index contributed by atoms with van der Waals surface area (Å²) in [5, 5.41) is 9.78. The number of benzene rings is 7. The molecule has 0 bridgehead atoms. The first-order valence-electron chi connectivity index (χ1n) is 17.7. The molecule has 0 unspecified atom stereocenters. The predicted molar refractivity (Wildman–Crippen MR) is 216 cm³/mol. The second-order valence-corrected chi connectivity index (χ2v) is 13.9. The molecule has 0 aliphatic heterocycles. The number of hydrogen-bond donors (Lipinski definition) is 0. The van der Waals surface area contributed by atoms with E-state index in [1.54, 1.807) is 0 Å².